The first-order chi connectivity index (χ1) is 12.6. The molecule has 1 aliphatic heterocycles. The summed E-state index contributed by atoms with van der Waals surface area (Å²) in [7, 11) is 0. The van der Waals surface area contributed by atoms with E-state index < -0.39 is 5.91 Å². The summed E-state index contributed by atoms with van der Waals surface area (Å²) in [4.78, 5) is 23.8. The Morgan fingerprint density at radius 3 is 2.96 bits per heavy atom. The monoisotopic (exact) mass is 350 g/mol. The van der Waals surface area contributed by atoms with Crippen molar-refractivity contribution in [3.8, 4) is 5.75 Å². The Balaban J connectivity index is 1.50. The summed E-state index contributed by atoms with van der Waals surface area (Å²) in [5.74, 6) is 0.158. The Morgan fingerprint density at radius 1 is 1.23 bits per heavy atom. The Kier molecular flexibility index (Phi) is 4.04. The Morgan fingerprint density at radius 2 is 2.12 bits per heavy atom. The third kappa shape index (κ3) is 3.11. The number of benzene rings is 2. The third-order valence-corrected chi connectivity index (χ3v) is 4.42. The molecule has 3 aromatic rings. The van der Waals surface area contributed by atoms with E-state index in [2.05, 4.69) is 15.5 Å². The van der Waals surface area contributed by atoms with Gasteiger partial charge in [-0.2, -0.15) is 5.10 Å². The SMILES string of the molecule is NC(=O)c1n[nH]c2ccc(NC(=O)Cc3ccc4c(c3)CCCO4)cc12. The number of H-pyrrole nitrogens is 1. The van der Waals surface area contributed by atoms with Crippen LogP contribution in [0, 0.1) is 0 Å². The molecular weight excluding hydrogens is 332 g/mol. The number of ether oxygens (including phenoxy) is 1. The number of rotatable bonds is 4. The lowest BCUT2D eigenvalue weighted by atomic mass is 10.0. The highest BCUT2D eigenvalue weighted by atomic mass is 16.5. The molecule has 0 fully saturated rings. The van der Waals surface area contributed by atoms with Crippen molar-refractivity contribution in [3.63, 3.8) is 0 Å². The zero-order valence-electron chi connectivity index (χ0n) is 14.0. The van der Waals surface area contributed by atoms with Crippen LogP contribution in [0.25, 0.3) is 10.9 Å². The molecule has 0 saturated carbocycles. The van der Waals surface area contributed by atoms with Crippen molar-refractivity contribution in [3.05, 3.63) is 53.2 Å². The molecule has 1 aliphatic rings. The van der Waals surface area contributed by atoms with Crippen LogP contribution in [-0.2, 0) is 17.6 Å². The lowest BCUT2D eigenvalue weighted by molar-refractivity contribution is -0.115. The normalized spacial score (nSPS) is 13.1. The van der Waals surface area contributed by atoms with Gasteiger partial charge in [0.2, 0.25) is 5.91 Å². The van der Waals surface area contributed by atoms with Crippen LogP contribution in [0.2, 0.25) is 0 Å². The number of hydrogen-bond donors (Lipinski definition) is 3. The Hall–Kier alpha value is -3.35. The van der Waals surface area contributed by atoms with Crippen molar-refractivity contribution in [2.45, 2.75) is 19.3 Å². The van der Waals surface area contributed by atoms with E-state index >= 15 is 0 Å². The van der Waals surface area contributed by atoms with Gasteiger partial charge in [0.25, 0.3) is 5.91 Å². The van der Waals surface area contributed by atoms with Crippen LogP contribution in [0.1, 0.15) is 28.0 Å². The van der Waals surface area contributed by atoms with E-state index in [9.17, 15) is 9.59 Å². The van der Waals surface area contributed by atoms with Gasteiger partial charge >= 0.3 is 0 Å². The van der Waals surface area contributed by atoms with Gasteiger partial charge in [-0.25, -0.2) is 0 Å². The van der Waals surface area contributed by atoms with Gasteiger partial charge in [0.05, 0.1) is 18.5 Å². The average Bonchev–Trinajstić information content (AvgIpc) is 3.05. The molecule has 132 valence electrons. The van der Waals surface area contributed by atoms with Gasteiger partial charge in [0, 0.05) is 11.1 Å². The second-order valence-electron chi connectivity index (χ2n) is 6.32. The molecule has 2 aromatic carbocycles. The molecule has 0 radical (unpaired) electrons. The highest BCUT2D eigenvalue weighted by Gasteiger charge is 2.14. The zero-order valence-corrected chi connectivity index (χ0v) is 14.0. The molecule has 2 amide bonds. The van der Waals surface area contributed by atoms with Gasteiger partial charge in [0.15, 0.2) is 5.69 Å². The lowest BCUT2D eigenvalue weighted by Crippen LogP contribution is -2.15. The molecule has 4 N–H and O–H groups in total. The quantitative estimate of drug-likeness (QED) is 0.670. The van der Waals surface area contributed by atoms with Crippen LogP contribution in [-0.4, -0.2) is 28.6 Å². The van der Waals surface area contributed by atoms with Crippen LogP contribution >= 0.6 is 0 Å². The fourth-order valence-corrected chi connectivity index (χ4v) is 3.19. The number of hydrogen-bond acceptors (Lipinski definition) is 4. The van der Waals surface area contributed by atoms with E-state index in [1.54, 1.807) is 18.2 Å². The number of nitrogens with zero attached hydrogens (tertiary/aromatic N) is 1. The fourth-order valence-electron chi connectivity index (χ4n) is 3.19. The Labute approximate surface area is 149 Å². The van der Waals surface area contributed by atoms with E-state index in [1.807, 2.05) is 18.2 Å². The second-order valence-corrected chi connectivity index (χ2v) is 6.32. The first-order valence-electron chi connectivity index (χ1n) is 8.42. The van der Waals surface area contributed by atoms with E-state index in [4.69, 9.17) is 10.5 Å². The number of aromatic amines is 1. The van der Waals surface area contributed by atoms with Crippen molar-refractivity contribution in [2.24, 2.45) is 5.73 Å². The van der Waals surface area contributed by atoms with Crippen LogP contribution in [0.5, 0.6) is 5.75 Å². The van der Waals surface area contributed by atoms with Crippen molar-refractivity contribution < 1.29 is 14.3 Å². The molecule has 0 saturated heterocycles. The zero-order chi connectivity index (χ0) is 18.1. The van der Waals surface area contributed by atoms with Gasteiger partial charge in [-0.15, -0.1) is 0 Å². The molecule has 2 heterocycles. The second kappa shape index (κ2) is 6.51. The van der Waals surface area contributed by atoms with E-state index in [0.717, 1.165) is 36.3 Å². The fraction of sp³-hybridized carbons (Fsp3) is 0.211. The van der Waals surface area contributed by atoms with E-state index in [1.165, 1.54) is 0 Å². The summed E-state index contributed by atoms with van der Waals surface area (Å²) in [6, 6.07) is 11.1. The molecule has 7 heteroatoms. The number of aryl methyl sites for hydroxylation is 1. The molecule has 0 bridgehead atoms. The first kappa shape index (κ1) is 16.1. The highest BCUT2D eigenvalue weighted by molar-refractivity contribution is 6.05. The maximum Gasteiger partial charge on any atom is 0.269 e. The molecular formula is C19H18N4O3. The van der Waals surface area contributed by atoms with Crippen LogP contribution in [0.15, 0.2) is 36.4 Å². The first-order valence-corrected chi connectivity index (χ1v) is 8.42. The molecule has 7 nitrogen and oxygen atoms in total. The maximum absolute atomic E-state index is 12.4. The van der Waals surface area contributed by atoms with Crippen molar-refractivity contribution in [1.82, 2.24) is 10.2 Å². The number of fused-ring (bicyclic) bond motifs is 2. The molecule has 26 heavy (non-hydrogen) atoms. The number of nitrogens with one attached hydrogen (secondary N) is 2. The van der Waals surface area contributed by atoms with Crippen LogP contribution in [0.3, 0.4) is 0 Å². The van der Waals surface area contributed by atoms with Crippen molar-refractivity contribution in [2.75, 3.05) is 11.9 Å². The summed E-state index contributed by atoms with van der Waals surface area (Å²) in [5, 5.41) is 10.1. The molecule has 4 rings (SSSR count). The smallest absolute Gasteiger partial charge is 0.269 e. The molecule has 0 spiro atoms. The minimum absolute atomic E-state index is 0.134. The van der Waals surface area contributed by atoms with Crippen LogP contribution < -0.4 is 15.8 Å². The van der Waals surface area contributed by atoms with Gasteiger partial charge in [-0.05, 0) is 48.2 Å². The number of anilines is 1. The molecule has 0 atom stereocenters. The predicted molar refractivity (Wildman–Crippen MR) is 97.2 cm³/mol. The van der Waals surface area contributed by atoms with Gasteiger partial charge < -0.3 is 15.8 Å². The average molecular weight is 350 g/mol. The molecule has 0 unspecified atom stereocenters. The molecule has 0 aliphatic carbocycles. The third-order valence-electron chi connectivity index (χ3n) is 4.42. The van der Waals surface area contributed by atoms with Crippen molar-refractivity contribution >= 4 is 28.4 Å². The number of carbonyl (C=O) groups is 2. The Bertz CT molecular complexity index is 1010. The summed E-state index contributed by atoms with van der Waals surface area (Å²) in [5.41, 5.74) is 8.83. The summed E-state index contributed by atoms with van der Waals surface area (Å²) in [6.45, 7) is 0.747. The number of carbonyl (C=O) groups excluding carboxylic acids is 2. The molecule has 1 aromatic heterocycles. The minimum Gasteiger partial charge on any atom is -0.493 e. The largest absolute Gasteiger partial charge is 0.493 e. The summed E-state index contributed by atoms with van der Waals surface area (Å²) < 4.78 is 5.60. The number of primary amides is 1. The topological polar surface area (TPSA) is 110 Å². The maximum atomic E-state index is 12.4. The minimum atomic E-state index is -0.615. The van der Waals surface area contributed by atoms with E-state index in [-0.39, 0.29) is 18.0 Å². The van der Waals surface area contributed by atoms with Crippen LogP contribution in [0.4, 0.5) is 5.69 Å². The number of aromatic nitrogens is 2. The number of nitrogens with two attached hydrogens (primary N) is 1. The highest BCUT2D eigenvalue weighted by Crippen LogP contribution is 2.26. The summed E-state index contributed by atoms with van der Waals surface area (Å²) >= 11 is 0. The van der Waals surface area contributed by atoms with Gasteiger partial charge in [-0.1, -0.05) is 12.1 Å². The van der Waals surface area contributed by atoms with Gasteiger partial charge in [-0.3, -0.25) is 14.7 Å². The number of amides is 2. The predicted octanol–water partition coefficient (Wildman–Crippen LogP) is 2.17. The van der Waals surface area contributed by atoms with Crippen molar-refractivity contribution in [1.29, 1.82) is 0 Å². The summed E-state index contributed by atoms with van der Waals surface area (Å²) in [6.07, 6.45) is 2.23. The van der Waals surface area contributed by atoms with Gasteiger partial charge in [0.1, 0.15) is 5.75 Å². The van der Waals surface area contributed by atoms with E-state index in [0.29, 0.717) is 16.6 Å². The lowest BCUT2D eigenvalue weighted by Gasteiger charge is -2.17. The standard InChI is InChI=1S/C19H18N4O3/c20-19(25)18-14-10-13(4-5-15(14)22-23-18)21-17(24)9-11-3-6-16-12(8-11)2-1-7-26-16/h3-6,8,10H,1-2,7,9H2,(H2,20,25)(H,21,24)(H,22,23).